The van der Waals surface area contributed by atoms with E-state index in [1.54, 1.807) is 19.2 Å². The van der Waals surface area contributed by atoms with Crippen LogP contribution in [0.3, 0.4) is 0 Å². The van der Waals surface area contributed by atoms with Gasteiger partial charge in [-0.15, -0.1) is 24.0 Å². The van der Waals surface area contributed by atoms with Gasteiger partial charge in [-0.25, -0.2) is 4.98 Å². The molecule has 0 aliphatic rings. The van der Waals surface area contributed by atoms with E-state index in [1.807, 2.05) is 18.2 Å². The lowest BCUT2D eigenvalue weighted by molar-refractivity contribution is -0.154. The zero-order valence-electron chi connectivity index (χ0n) is 15.7. The topological polar surface area (TPSA) is 58.5 Å². The number of alkyl halides is 3. The highest BCUT2D eigenvalue weighted by atomic mass is 127. The van der Waals surface area contributed by atoms with Crippen LogP contribution >= 0.6 is 24.0 Å². The number of guanidine groups is 1. The highest BCUT2D eigenvalue weighted by Gasteiger charge is 2.29. The zero-order chi connectivity index (χ0) is 19.7. The number of rotatable bonds is 7. The molecule has 9 heteroatoms. The number of hydrogen-bond acceptors (Lipinski definition) is 3. The van der Waals surface area contributed by atoms with Gasteiger partial charge in [0.05, 0.1) is 0 Å². The van der Waals surface area contributed by atoms with Crippen molar-refractivity contribution in [1.82, 2.24) is 15.6 Å². The van der Waals surface area contributed by atoms with Crippen LogP contribution in [0.4, 0.5) is 13.2 Å². The third-order valence-electron chi connectivity index (χ3n) is 3.84. The molecular formula is C19H24F3IN4O. The predicted molar refractivity (Wildman–Crippen MR) is 114 cm³/mol. The van der Waals surface area contributed by atoms with E-state index in [-0.39, 0.29) is 36.4 Å². The number of aromatic nitrogens is 1. The van der Waals surface area contributed by atoms with E-state index in [9.17, 15) is 13.2 Å². The number of nitrogens with one attached hydrogen (secondary N) is 2. The van der Waals surface area contributed by atoms with E-state index in [2.05, 4.69) is 33.6 Å². The van der Waals surface area contributed by atoms with Crippen LogP contribution in [0.1, 0.15) is 23.6 Å². The van der Waals surface area contributed by atoms with Crippen molar-refractivity contribution in [2.24, 2.45) is 4.99 Å². The van der Waals surface area contributed by atoms with E-state index in [1.165, 1.54) is 17.3 Å². The fourth-order valence-corrected chi connectivity index (χ4v) is 2.49. The Hall–Kier alpha value is -2.04. The van der Waals surface area contributed by atoms with Gasteiger partial charge in [0.1, 0.15) is 0 Å². The summed E-state index contributed by atoms with van der Waals surface area (Å²) in [7, 11) is 1.63. The first-order valence-corrected chi connectivity index (χ1v) is 8.57. The quantitative estimate of drug-likeness (QED) is 0.337. The molecule has 0 atom stereocenters. The molecule has 0 spiro atoms. The molecule has 0 aliphatic heterocycles. The Morgan fingerprint density at radius 1 is 1.04 bits per heavy atom. The lowest BCUT2D eigenvalue weighted by Crippen LogP contribution is -2.36. The normalized spacial score (nSPS) is 11.5. The Bertz CT molecular complexity index is 769. The monoisotopic (exact) mass is 508 g/mol. The summed E-state index contributed by atoms with van der Waals surface area (Å²) in [5.41, 5.74) is 2.92. The summed E-state index contributed by atoms with van der Waals surface area (Å²) >= 11 is 0. The van der Waals surface area contributed by atoms with Gasteiger partial charge < -0.3 is 15.4 Å². The summed E-state index contributed by atoms with van der Waals surface area (Å²) in [5, 5.41) is 6.27. The molecule has 0 fully saturated rings. The second-order valence-electron chi connectivity index (χ2n) is 5.77. The molecule has 28 heavy (non-hydrogen) atoms. The molecule has 154 valence electrons. The van der Waals surface area contributed by atoms with Gasteiger partial charge >= 0.3 is 6.18 Å². The molecule has 0 radical (unpaired) electrons. The average molecular weight is 508 g/mol. The minimum Gasteiger partial charge on any atom is -0.468 e. The molecule has 0 saturated carbocycles. The lowest BCUT2D eigenvalue weighted by atomic mass is 10.1. The first kappa shape index (κ1) is 24.0. The van der Waals surface area contributed by atoms with Crippen molar-refractivity contribution in [2.75, 3.05) is 13.7 Å². The molecular weight excluding hydrogens is 484 g/mol. The largest absolute Gasteiger partial charge is 0.468 e. The van der Waals surface area contributed by atoms with Crippen LogP contribution in [-0.2, 0) is 19.5 Å². The van der Waals surface area contributed by atoms with Crippen molar-refractivity contribution in [3.63, 3.8) is 0 Å². The zero-order valence-corrected chi connectivity index (χ0v) is 18.0. The fourth-order valence-electron chi connectivity index (χ4n) is 2.49. The SMILES string of the molecule is CCc1ccccc1CNC(=NC)NCc1cccnc1OCC(F)(F)F.I. The van der Waals surface area contributed by atoms with Gasteiger partial charge in [0, 0.05) is 31.9 Å². The van der Waals surface area contributed by atoms with Gasteiger partial charge in [-0.2, -0.15) is 13.2 Å². The molecule has 0 saturated heterocycles. The van der Waals surface area contributed by atoms with Crippen LogP contribution in [0.2, 0.25) is 0 Å². The number of halogens is 4. The van der Waals surface area contributed by atoms with E-state index in [0.29, 0.717) is 18.1 Å². The van der Waals surface area contributed by atoms with Crippen molar-refractivity contribution in [1.29, 1.82) is 0 Å². The van der Waals surface area contributed by atoms with Crippen molar-refractivity contribution >= 4 is 29.9 Å². The van der Waals surface area contributed by atoms with Crippen molar-refractivity contribution in [3.05, 3.63) is 59.3 Å². The van der Waals surface area contributed by atoms with Crippen LogP contribution in [0.15, 0.2) is 47.6 Å². The Labute approximate surface area is 179 Å². The van der Waals surface area contributed by atoms with Crippen LogP contribution in [0.5, 0.6) is 5.88 Å². The summed E-state index contributed by atoms with van der Waals surface area (Å²) in [6.07, 6.45) is -2.09. The lowest BCUT2D eigenvalue weighted by Gasteiger charge is -2.15. The number of aryl methyl sites for hydroxylation is 1. The second-order valence-corrected chi connectivity index (χ2v) is 5.77. The van der Waals surface area contributed by atoms with Crippen LogP contribution < -0.4 is 15.4 Å². The fraction of sp³-hybridized carbons (Fsp3) is 0.368. The van der Waals surface area contributed by atoms with E-state index in [0.717, 1.165) is 6.42 Å². The van der Waals surface area contributed by atoms with Gasteiger partial charge in [-0.3, -0.25) is 4.99 Å². The maximum atomic E-state index is 12.4. The summed E-state index contributed by atoms with van der Waals surface area (Å²) in [6, 6.07) is 11.4. The molecule has 0 bridgehead atoms. The Morgan fingerprint density at radius 2 is 1.64 bits per heavy atom. The van der Waals surface area contributed by atoms with Crippen LogP contribution in [-0.4, -0.2) is 30.8 Å². The highest BCUT2D eigenvalue weighted by molar-refractivity contribution is 14.0. The maximum Gasteiger partial charge on any atom is 0.422 e. The molecule has 5 nitrogen and oxygen atoms in total. The van der Waals surface area contributed by atoms with Crippen molar-refractivity contribution in [3.8, 4) is 5.88 Å². The first-order chi connectivity index (χ1) is 12.9. The third-order valence-corrected chi connectivity index (χ3v) is 3.84. The second kappa shape index (κ2) is 11.7. The number of nitrogens with zero attached hydrogens (tertiary/aromatic N) is 2. The van der Waals surface area contributed by atoms with E-state index < -0.39 is 12.8 Å². The highest BCUT2D eigenvalue weighted by Crippen LogP contribution is 2.19. The Morgan fingerprint density at radius 3 is 2.25 bits per heavy atom. The minimum atomic E-state index is -4.41. The molecule has 0 aliphatic carbocycles. The Balaban J connectivity index is 0.00000392. The van der Waals surface area contributed by atoms with Crippen LogP contribution in [0.25, 0.3) is 0 Å². The molecule has 1 aromatic heterocycles. The molecule has 1 heterocycles. The molecule has 0 amide bonds. The number of benzene rings is 1. The van der Waals surface area contributed by atoms with Gasteiger partial charge in [0.2, 0.25) is 5.88 Å². The molecule has 2 aromatic rings. The van der Waals surface area contributed by atoms with E-state index in [4.69, 9.17) is 4.74 Å². The number of hydrogen-bond donors (Lipinski definition) is 2. The molecule has 2 rings (SSSR count). The van der Waals surface area contributed by atoms with Gasteiger partial charge in [0.15, 0.2) is 12.6 Å². The average Bonchev–Trinajstić information content (AvgIpc) is 2.66. The van der Waals surface area contributed by atoms with Crippen molar-refractivity contribution in [2.45, 2.75) is 32.6 Å². The van der Waals surface area contributed by atoms with E-state index >= 15 is 0 Å². The van der Waals surface area contributed by atoms with Gasteiger partial charge in [0.25, 0.3) is 0 Å². The molecule has 0 unspecified atom stereocenters. The standard InChI is InChI=1S/C19H23F3N4O.HI/c1-3-14-7-4-5-8-15(14)11-25-18(23-2)26-12-16-9-6-10-24-17(16)27-13-19(20,21)22;/h4-10H,3,11-13H2,1-2H3,(H2,23,25,26);1H. The van der Waals surface area contributed by atoms with Gasteiger partial charge in [-0.1, -0.05) is 37.3 Å². The molecule has 2 N–H and O–H groups in total. The number of pyridine rings is 1. The predicted octanol–water partition coefficient (Wildman–Crippen LogP) is 4.07. The number of aliphatic imine (C=N–C) groups is 1. The summed E-state index contributed by atoms with van der Waals surface area (Å²) in [5.74, 6) is 0.487. The third kappa shape index (κ3) is 7.91. The van der Waals surface area contributed by atoms with Gasteiger partial charge in [-0.05, 0) is 23.6 Å². The number of ether oxygens (including phenoxy) is 1. The summed E-state index contributed by atoms with van der Waals surface area (Å²) in [4.78, 5) is 8.02. The van der Waals surface area contributed by atoms with Crippen molar-refractivity contribution < 1.29 is 17.9 Å². The molecule has 1 aromatic carbocycles. The summed E-state index contributed by atoms with van der Waals surface area (Å²) < 4.78 is 41.9. The summed E-state index contributed by atoms with van der Waals surface area (Å²) in [6.45, 7) is 1.54. The smallest absolute Gasteiger partial charge is 0.422 e. The maximum absolute atomic E-state index is 12.4. The minimum absolute atomic E-state index is 0. The van der Waals surface area contributed by atoms with Crippen LogP contribution in [0, 0.1) is 0 Å². The first-order valence-electron chi connectivity index (χ1n) is 8.57. The Kier molecular flexibility index (Phi) is 10.0.